The lowest BCUT2D eigenvalue weighted by Crippen LogP contribution is -2.35. The lowest BCUT2D eigenvalue weighted by atomic mass is 10.0. The van der Waals surface area contributed by atoms with E-state index >= 15 is 4.39 Å². The largest absolute Gasteiger partial charge is 0.496 e. The summed E-state index contributed by atoms with van der Waals surface area (Å²) in [5.41, 5.74) is -0.216. The summed E-state index contributed by atoms with van der Waals surface area (Å²) in [7, 11) is 2.65. The zero-order valence-corrected chi connectivity index (χ0v) is 21.4. The van der Waals surface area contributed by atoms with E-state index in [2.05, 4.69) is 15.6 Å². The van der Waals surface area contributed by atoms with Crippen LogP contribution in [-0.2, 0) is 14.3 Å². The maximum atomic E-state index is 15.1. The molecule has 0 spiro atoms. The number of anilines is 2. The molecule has 5 rings (SSSR count). The number of nitrogens with zero attached hydrogens (tertiary/aromatic N) is 1. The number of aromatic nitrogens is 1. The van der Waals surface area contributed by atoms with E-state index in [1.807, 2.05) is 0 Å². The molecule has 0 atom stereocenters. The van der Waals surface area contributed by atoms with Gasteiger partial charge in [0.1, 0.15) is 28.3 Å². The molecule has 204 valence electrons. The molecule has 1 heterocycles. The molecule has 2 amide bonds. The Morgan fingerprint density at radius 3 is 2.12 bits per heavy atom. The van der Waals surface area contributed by atoms with Gasteiger partial charge in [-0.2, -0.15) is 0 Å². The molecule has 1 saturated carbocycles. The quantitative estimate of drug-likeness (QED) is 0.222. The van der Waals surface area contributed by atoms with Gasteiger partial charge in [0.25, 0.3) is 0 Å². The number of methoxy groups -OCH3 is 2. The number of rotatable bonds is 8. The fraction of sp³-hybridized carbons (Fsp3) is 0.172. The smallest absolute Gasteiger partial charge is 0.341 e. The minimum atomic E-state index is -1.30. The number of amides is 2. The number of hydrogen-bond donors (Lipinski definition) is 2. The molecule has 11 heteroatoms. The van der Waals surface area contributed by atoms with E-state index in [0.717, 1.165) is 6.07 Å². The molecule has 3 aromatic carbocycles. The van der Waals surface area contributed by atoms with Crippen molar-refractivity contribution in [2.75, 3.05) is 24.9 Å². The zero-order chi connectivity index (χ0) is 28.4. The zero-order valence-electron chi connectivity index (χ0n) is 21.4. The van der Waals surface area contributed by atoms with Crippen molar-refractivity contribution in [2.24, 2.45) is 5.41 Å². The van der Waals surface area contributed by atoms with Crippen LogP contribution in [0, 0.1) is 17.0 Å². The van der Waals surface area contributed by atoms with Gasteiger partial charge >= 0.3 is 5.97 Å². The molecule has 4 aromatic rings. The third-order valence-electron chi connectivity index (χ3n) is 6.56. The van der Waals surface area contributed by atoms with Gasteiger partial charge in [0.05, 0.1) is 19.7 Å². The number of carbonyl (C=O) groups excluding carboxylic acids is 3. The first kappa shape index (κ1) is 26.5. The predicted octanol–water partition coefficient (Wildman–Crippen LogP) is 5.46. The molecule has 1 aliphatic rings. The summed E-state index contributed by atoms with van der Waals surface area (Å²) in [6.45, 7) is 0. The number of benzene rings is 3. The summed E-state index contributed by atoms with van der Waals surface area (Å²) in [6.07, 6.45) is 2.11. The second-order valence-corrected chi connectivity index (χ2v) is 9.11. The normalized spacial score (nSPS) is 13.3. The van der Waals surface area contributed by atoms with Gasteiger partial charge in [-0.15, -0.1) is 0 Å². The first-order valence-corrected chi connectivity index (χ1v) is 12.1. The van der Waals surface area contributed by atoms with Crippen LogP contribution < -0.4 is 20.1 Å². The SMILES string of the molecule is COC(=O)c1cc2c(Oc3ccc(NC(=O)C4(C(=O)Nc5ccc(F)cc5)CC4)cc3F)ccnc2cc1OC. The van der Waals surface area contributed by atoms with Crippen molar-refractivity contribution < 1.29 is 37.4 Å². The number of carbonyl (C=O) groups is 3. The number of pyridine rings is 1. The first-order valence-electron chi connectivity index (χ1n) is 12.1. The van der Waals surface area contributed by atoms with Crippen LogP contribution in [0.15, 0.2) is 66.9 Å². The van der Waals surface area contributed by atoms with Gasteiger partial charge < -0.3 is 24.8 Å². The summed E-state index contributed by atoms with van der Waals surface area (Å²) in [6, 6.07) is 13.6. The molecular weight excluding hydrogens is 524 g/mol. The fourth-order valence-electron chi connectivity index (χ4n) is 4.17. The Labute approximate surface area is 227 Å². The highest BCUT2D eigenvalue weighted by molar-refractivity contribution is 6.16. The van der Waals surface area contributed by atoms with E-state index < -0.39 is 34.8 Å². The summed E-state index contributed by atoms with van der Waals surface area (Å²) < 4.78 is 44.1. The van der Waals surface area contributed by atoms with Gasteiger partial charge in [-0.25, -0.2) is 13.6 Å². The average Bonchev–Trinajstić information content (AvgIpc) is 3.77. The van der Waals surface area contributed by atoms with E-state index in [1.165, 1.54) is 68.9 Å². The van der Waals surface area contributed by atoms with Gasteiger partial charge in [-0.1, -0.05) is 0 Å². The molecule has 1 fully saturated rings. The van der Waals surface area contributed by atoms with Crippen LogP contribution in [0.3, 0.4) is 0 Å². The van der Waals surface area contributed by atoms with Crippen molar-refractivity contribution in [1.82, 2.24) is 4.98 Å². The van der Waals surface area contributed by atoms with Crippen LogP contribution in [0.2, 0.25) is 0 Å². The molecule has 0 radical (unpaired) electrons. The molecule has 2 N–H and O–H groups in total. The van der Waals surface area contributed by atoms with Crippen LogP contribution in [0.4, 0.5) is 20.2 Å². The maximum absolute atomic E-state index is 15.1. The van der Waals surface area contributed by atoms with Gasteiger partial charge in [-0.05, 0) is 61.4 Å². The van der Waals surface area contributed by atoms with E-state index in [1.54, 1.807) is 6.07 Å². The van der Waals surface area contributed by atoms with E-state index in [0.29, 0.717) is 29.4 Å². The van der Waals surface area contributed by atoms with Crippen molar-refractivity contribution in [3.63, 3.8) is 0 Å². The van der Waals surface area contributed by atoms with Crippen LogP contribution >= 0.6 is 0 Å². The molecule has 0 aliphatic heterocycles. The Kier molecular flexibility index (Phi) is 7.03. The summed E-state index contributed by atoms with van der Waals surface area (Å²) in [5.74, 6) is -2.61. The maximum Gasteiger partial charge on any atom is 0.341 e. The molecule has 0 saturated heterocycles. The highest BCUT2D eigenvalue weighted by Gasteiger charge is 2.56. The monoisotopic (exact) mass is 547 g/mol. The van der Waals surface area contributed by atoms with E-state index in [-0.39, 0.29) is 28.5 Å². The van der Waals surface area contributed by atoms with Crippen molar-refractivity contribution >= 4 is 40.1 Å². The Hall–Kier alpha value is -5.06. The fourth-order valence-corrected chi connectivity index (χ4v) is 4.17. The van der Waals surface area contributed by atoms with E-state index in [9.17, 15) is 18.8 Å². The first-order chi connectivity index (χ1) is 19.2. The van der Waals surface area contributed by atoms with Crippen molar-refractivity contribution in [2.45, 2.75) is 12.8 Å². The Morgan fingerprint density at radius 1 is 0.825 bits per heavy atom. The molecule has 1 aliphatic carbocycles. The number of fused-ring (bicyclic) bond motifs is 1. The number of nitrogens with one attached hydrogen (secondary N) is 2. The number of ether oxygens (including phenoxy) is 3. The Bertz CT molecular complexity index is 1640. The highest BCUT2D eigenvalue weighted by atomic mass is 19.1. The highest BCUT2D eigenvalue weighted by Crippen LogP contribution is 2.47. The topological polar surface area (TPSA) is 116 Å². The predicted molar refractivity (Wildman–Crippen MR) is 141 cm³/mol. The van der Waals surface area contributed by atoms with Crippen LogP contribution in [0.5, 0.6) is 17.2 Å². The minimum absolute atomic E-state index is 0.132. The third kappa shape index (κ3) is 5.13. The van der Waals surface area contributed by atoms with Gasteiger partial charge in [0.15, 0.2) is 11.6 Å². The van der Waals surface area contributed by atoms with Gasteiger partial charge in [-0.3, -0.25) is 14.6 Å². The summed E-state index contributed by atoms with van der Waals surface area (Å²) >= 11 is 0. The molecule has 9 nitrogen and oxygen atoms in total. The third-order valence-corrected chi connectivity index (χ3v) is 6.56. The minimum Gasteiger partial charge on any atom is -0.496 e. The Morgan fingerprint density at radius 2 is 1.50 bits per heavy atom. The molecule has 1 aromatic heterocycles. The van der Waals surface area contributed by atoms with Crippen LogP contribution in [-0.4, -0.2) is 37.0 Å². The van der Waals surface area contributed by atoms with Crippen molar-refractivity contribution in [3.8, 4) is 17.2 Å². The average molecular weight is 548 g/mol. The summed E-state index contributed by atoms with van der Waals surface area (Å²) in [4.78, 5) is 42.2. The molecule has 0 unspecified atom stereocenters. The standard InChI is InChI=1S/C29H23F2N3O6/c1-38-25-15-22-19(14-20(25)26(35)39-2)23(9-12-32-22)40-24-8-7-18(13-21(24)31)34-28(37)29(10-11-29)27(36)33-17-5-3-16(30)4-6-17/h3-9,12-15H,10-11H2,1-2H3,(H,33,36)(H,34,37). The van der Waals surface area contributed by atoms with Gasteiger partial charge in [0.2, 0.25) is 11.8 Å². The van der Waals surface area contributed by atoms with E-state index in [4.69, 9.17) is 14.2 Å². The Balaban J connectivity index is 1.33. The van der Waals surface area contributed by atoms with Crippen molar-refractivity contribution in [1.29, 1.82) is 0 Å². The lowest BCUT2D eigenvalue weighted by molar-refractivity contribution is -0.131. The summed E-state index contributed by atoms with van der Waals surface area (Å²) in [5, 5.41) is 5.63. The van der Waals surface area contributed by atoms with Crippen LogP contribution in [0.1, 0.15) is 23.2 Å². The lowest BCUT2D eigenvalue weighted by Gasteiger charge is -2.16. The molecule has 0 bridgehead atoms. The molecule has 40 heavy (non-hydrogen) atoms. The van der Waals surface area contributed by atoms with Crippen LogP contribution in [0.25, 0.3) is 10.9 Å². The number of esters is 1. The second kappa shape index (κ2) is 10.6. The molecular formula is C29H23F2N3O6. The number of halogens is 2. The van der Waals surface area contributed by atoms with Crippen molar-refractivity contribution in [3.05, 3.63) is 84.1 Å². The second-order valence-electron chi connectivity index (χ2n) is 9.11. The number of hydrogen-bond acceptors (Lipinski definition) is 7. The van der Waals surface area contributed by atoms with Gasteiger partial charge in [0, 0.05) is 35.1 Å².